The number of hydrogen-bond acceptors (Lipinski definition) is 4. The van der Waals surface area contributed by atoms with Crippen LogP contribution in [-0.2, 0) is 26.0 Å². The van der Waals surface area contributed by atoms with Gasteiger partial charge in [0.1, 0.15) is 0 Å². The third-order valence-corrected chi connectivity index (χ3v) is 4.73. The second-order valence-corrected chi connectivity index (χ2v) is 6.55. The number of hydrogen-bond donors (Lipinski definition) is 1. The predicted molar refractivity (Wildman–Crippen MR) is 70.1 cm³/mol. The van der Waals surface area contributed by atoms with Crippen LogP contribution in [0.1, 0.15) is 18.9 Å². The second-order valence-electron chi connectivity index (χ2n) is 4.84. The average Bonchev–Trinajstić information content (AvgIpc) is 3.04. The minimum atomic E-state index is -3.45. The van der Waals surface area contributed by atoms with Crippen LogP contribution in [0, 0.1) is 5.92 Å². The number of carbonyl (C=O) groups is 1. The Labute approximate surface area is 113 Å². The van der Waals surface area contributed by atoms with Crippen LogP contribution in [-0.4, -0.2) is 27.5 Å². The first-order valence-electron chi connectivity index (χ1n) is 6.10. The van der Waals surface area contributed by atoms with E-state index in [1.165, 1.54) is 19.2 Å². The molecule has 0 radical (unpaired) electrons. The molecule has 0 heterocycles. The largest absolute Gasteiger partial charge is 0.469 e. The molecule has 1 N–H and O–H groups in total. The van der Waals surface area contributed by atoms with Crippen LogP contribution in [0.5, 0.6) is 0 Å². The fourth-order valence-electron chi connectivity index (χ4n) is 1.78. The lowest BCUT2D eigenvalue weighted by atomic mass is 10.2. The maximum absolute atomic E-state index is 12.0. The van der Waals surface area contributed by atoms with Gasteiger partial charge in [-0.05, 0) is 30.0 Å². The molecule has 1 saturated carbocycles. The Morgan fingerprint density at radius 3 is 2.42 bits per heavy atom. The summed E-state index contributed by atoms with van der Waals surface area (Å²) in [4.78, 5) is 11.3. The molecule has 104 valence electrons. The topological polar surface area (TPSA) is 72.5 Å². The second kappa shape index (κ2) is 5.30. The zero-order valence-electron chi connectivity index (χ0n) is 10.9. The summed E-state index contributed by atoms with van der Waals surface area (Å²) in [5, 5.41) is 0. The number of rotatable bonds is 5. The fourth-order valence-corrected chi connectivity index (χ4v) is 3.14. The highest BCUT2D eigenvalue weighted by Gasteiger charge is 2.36. The van der Waals surface area contributed by atoms with Gasteiger partial charge < -0.3 is 4.74 Å². The van der Waals surface area contributed by atoms with E-state index in [1.807, 2.05) is 6.92 Å². The zero-order chi connectivity index (χ0) is 14.0. The lowest BCUT2D eigenvalue weighted by Crippen LogP contribution is -2.26. The molecule has 1 aromatic carbocycles. The van der Waals surface area contributed by atoms with Gasteiger partial charge in [0.25, 0.3) is 0 Å². The van der Waals surface area contributed by atoms with Gasteiger partial charge in [0.2, 0.25) is 10.0 Å². The van der Waals surface area contributed by atoms with Gasteiger partial charge in [0.05, 0.1) is 18.4 Å². The van der Waals surface area contributed by atoms with Crippen molar-refractivity contribution in [2.75, 3.05) is 7.11 Å². The molecule has 0 spiro atoms. The van der Waals surface area contributed by atoms with E-state index >= 15 is 0 Å². The SMILES string of the molecule is COC(=O)Cc1ccc(S(=O)(=O)NC2CC2C)cc1. The fraction of sp³-hybridized carbons (Fsp3) is 0.462. The quantitative estimate of drug-likeness (QED) is 0.821. The number of nitrogens with one attached hydrogen (secondary N) is 1. The van der Waals surface area contributed by atoms with Gasteiger partial charge in [0.15, 0.2) is 0 Å². The molecule has 0 aliphatic heterocycles. The highest BCUT2D eigenvalue weighted by Crippen LogP contribution is 2.30. The third kappa shape index (κ3) is 3.54. The first kappa shape index (κ1) is 14.0. The summed E-state index contributed by atoms with van der Waals surface area (Å²) in [6.45, 7) is 2.01. The van der Waals surface area contributed by atoms with Crippen molar-refractivity contribution in [3.05, 3.63) is 29.8 Å². The molecule has 0 amide bonds. The number of benzene rings is 1. The molecule has 1 fully saturated rings. The summed E-state index contributed by atoms with van der Waals surface area (Å²) >= 11 is 0. The van der Waals surface area contributed by atoms with Crippen molar-refractivity contribution in [2.45, 2.75) is 30.7 Å². The molecule has 2 unspecified atom stereocenters. The van der Waals surface area contributed by atoms with Gasteiger partial charge in [0, 0.05) is 6.04 Å². The number of methoxy groups -OCH3 is 1. The van der Waals surface area contributed by atoms with Crippen LogP contribution < -0.4 is 4.72 Å². The molecule has 6 heteroatoms. The van der Waals surface area contributed by atoms with Crippen molar-refractivity contribution < 1.29 is 17.9 Å². The van der Waals surface area contributed by atoms with E-state index in [9.17, 15) is 13.2 Å². The molecule has 1 aromatic rings. The lowest BCUT2D eigenvalue weighted by molar-refractivity contribution is -0.139. The van der Waals surface area contributed by atoms with Crippen LogP contribution in [0.4, 0.5) is 0 Å². The number of sulfonamides is 1. The van der Waals surface area contributed by atoms with Crippen LogP contribution >= 0.6 is 0 Å². The molecule has 0 bridgehead atoms. The van der Waals surface area contributed by atoms with Crippen molar-refractivity contribution in [3.63, 3.8) is 0 Å². The summed E-state index contributed by atoms with van der Waals surface area (Å²) in [7, 11) is -2.13. The molecule has 0 saturated heterocycles. The molecule has 2 atom stereocenters. The molecule has 5 nitrogen and oxygen atoms in total. The minimum absolute atomic E-state index is 0.0553. The van der Waals surface area contributed by atoms with Crippen molar-refractivity contribution in [1.29, 1.82) is 0 Å². The maximum Gasteiger partial charge on any atom is 0.309 e. The molecule has 1 aliphatic rings. The molecular weight excluding hydrogens is 266 g/mol. The van der Waals surface area contributed by atoms with Crippen molar-refractivity contribution in [3.8, 4) is 0 Å². The Morgan fingerprint density at radius 2 is 1.95 bits per heavy atom. The summed E-state index contributed by atoms with van der Waals surface area (Å²) in [5.74, 6) is 0.0638. The van der Waals surface area contributed by atoms with Crippen LogP contribution in [0.3, 0.4) is 0 Å². The van der Waals surface area contributed by atoms with Gasteiger partial charge in [-0.2, -0.15) is 0 Å². The van der Waals surface area contributed by atoms with Gasteiger partial charge in [-0.15, -0.1) is 0 Å². The Bertz CT molecular complexity index is 565. The summed E-state index contributed by atoms with van der Waals surface area (Å²) in [6, 6.07) is 6.32. The van der Waals surface area contributed by atoms with Crippen LogP contribution in [0.25, 0.3) is 0 Å². The summed E-state index contributed by atoms with van der Waals surface area (Å²) in [5.41, 5.74) is 0.727. The molecule has 1 aliphatic carbocycles. The number of esters is 1. The summed E-state index contributed by atoms with van der Waals surface area (Å²) in [6.07, 6.45) is 1.03. The number of carbonyl (C=O) groups excluding carboxylic acids is 1. The Balaban J connectivity index is 2.07. The van der Waals surface area contributed by atoms with Crippen molar-refractivity contribution in [2.24, 2.45) is 5.92 Å². The van der Waals surface area contributed by atoms with Crippen LogP contribution in [0.15, 0.2) is 29.2 Å². The van der Waals surface area contributed by atoms with E-state index in [0.29, 0.717) is 5.92 Å². The van der Waals surface area contributed by atoms with Gasteiger partial charge >= 0.3 is 5.97 Å². The Kier molecular flexibility index (Phi) is 3.91. The van der Waals surface area contributed by atoms with Crippen LogP contribution in [0.2, 0.25) is 0 Å². The highest BCUT2D eigenvalue weighted by atomic mass is 32.2. The van der Waals surface area contributed by atoms with Gasteiger partial charge in [-0.3, -0.25) is 4.79 Å². The maximum atomic E-state index is 12.0. The van der Waals surface area contributed by atoms with E-state index < -0.39 is 10.0 Å². The van der Waals surface area contributed by atoms with E-state index in [2.05, 4.69) is 9.46 Å². The highest BCUT2D eigenvalue weighted by molar-refractivity contribution is 7.89. The molecule has 2 rings (SSSR count). The van der Waals surface area contributed by atoms with E-state index in [4.69, 9.17) is 0 Å². The molecular formula is C13H17NO4S. The monoisotopic (exact) mass is 283 g/mol. The van der Waals surface area contributed by atoms with E-state index in [-0.39, 0.29) is 23.3 Å². The standard InChI is InChI=1S/C13H17NO4S/c1-9-7-12(9)14-19(16,17)11-5-3-10(4-6-11)8-13(15)18-2/h3-6,9,12,14H,7-8H2,1-2H3. The van der Waals surface area contributed by atoms with Gasteiger partial charge in [-0.1, -0.05) is 19.1 Å². The summed E-state index contributed by atoms with van der Waals surface area (Å²) < 4.78 is 31.2. The molecule has 19 heavy (non-hydrogen) atoms. The smallest absolute Gasteiger partial charge is 0.309 e. The van der Waals surface area contributed by atoms with Crippen molar-refractivity contribution >= 4 is 16.0 Å². The van der Waals surface area contributed by atoms with E-state index in [0.717, 1.165) is 12.0 Å². The zero-order valence-corrected chi connectivity index (χ0v) is 11.7. The lowest BCUT2D eigenvalue weighted by Gasteiger charge is -2.06. The normalized spacial score (nSPS) is 22.0. The van der Waals surface area contributed by atoms with Gasteiger partial charge in [-0.25, -0.2) is 13.1 Å². The number of ether oxygens (including phenoxy) is 1. The first-order valence-corrected chi connectivity index (χ1v) is 7.59. The Hall–Kier alpha value is -1.40. The van der Waals surface area contributed by atoms with Crippen molar-refractivity contribution in [1.82, 2.24) is 4.72 Å². The first-order chi connectivity index (χ1) is 8.92. The average molecular weight is 283 g/mol. The van der Waals surface area contributed by atoms with E-state index in [1.54, 1.807) is 12.1 Å². The Morgan fingerprint density at radius 1 is 1.37 bits per heavy atom. The molecule has 0 aromatic heterocycles. The minimum Gasteiger partial charge on any atom is -0.469 e. The predicted octanol–water partition coefficient (Wildman–Crippen LogP) is 1.09. The third-order valence-electron chi connectivity index (χ3n) is 3.23.